The second-order valence-corrected chi connectivity index (χ2v) is 9.20. The van der Waals surface area contributed by atoms with Crippen LogP contribution in [0.4, 0.5) is 0 Å². The monoisotopic (exact) mass is 439 g/mol. The topological polar surface area (TPSA) is 38.8 Å². The molecule has 4 rings (SSSR count). The van der Waals surface area contributed by atoms with E-state index in [4.69, 9.17) is 21.7 Å². The lowest BCUT2D eigenvalue weighted by molar-refractivity contribution is -0.124. The molecule has 2 aromatic rings. The summed E-state index contributed by atoms with van der Waals surface area (Å²) in [6.45, 7) is 0.469. The van der Waals surface area contributed by atoms with Crippen molar-refractivity contribution in [3.05, 3.63) is 64.6 Å². The minimum Gasteiger partial charge on any atom is -0.493 e. The van der Waals surface area contributed by atoms with Crippen molar-refractivity contribution in [1.82, 2.24) is 4.90 Å². The van der Waals surface area contributed by atoms with Crippen LogP contribution in [-0.4, -0.2) is 28.3 Å². The predicted molar refractivity (Wildman–Crippen MR) is 126 cm³/mol. The van der Waals surface area contributed by atoms with Crippen molar-refractivity contribution in [3.8, 4) is 11.5 Å². The summed E-state index contributed by atoms with van der Waals surface area (Å²) >= 11 is 6.92. The van der Waals surface area contributed by atoms with Crippen molar-refractivity contribution in [1.29, 1.82) is 0 Å². The lowest BCUT2D eigenvalue weighted by atomic mass is 9.94. The number of amides is 1. The Morgan fingerprint density at radius 2 is 1.87 bits per heavy atom. The molecule has 1 heterocycles. The van der Waals surface area contributed by atoms with Gasteiger partial charge in [-0.05, 0) is 42.2 Å². The van der Waals surface area contributed by atoms with E-state index >= 15 is 0 Å². The van der Waals surface area contributed by atoms with E-state index in [1.807, 2.05) is 59.5 Å². The molecule has 2 aromatic carbocycles. The van der Waals surface area contributed by atoms with Crippen LogP contribution in [0.1, 0.15) is 43.2 Å². The quantitative estimate of drug-likeness (QED) is 0.420. The van der Waals surface area contributed by atoms with Gasteiger partial charge in [0, 0.05) is 6.04 Å². The molecule has 2 aliphatic rings. The number of hydrogen-bond acceptors (Lipinski definition) is 5. The second-order valence-electron chi connectivity index (χ2n) is 7.53. The Hall–Kier alpha value is -2.31. The van der Waals surface area contributed by atoms with Gasteiger partial charge in [0.25, 0.3) is 5.91 Å². The minimum absolute atomic E-state index is 0.0280. The van der Waals surface area contributed by atoms with Crippen LogP contribution in [0.2, 0.25) is 0 Å². The normalized spacial score (nSPS) is 18.8. The molecule has 6 heteroatoms. The fraction of sp³-hybridized carbons (Fsp3) is 0.333. The zero-order valence-corrected chi connectivity index (χ0v) is 18.6. The molecule has 2 fully saturated rings. The smallest absolute Gasteiger partial charge is 0.266 e. The highest BCUT2D eigenvalue weighted by molar-refractivity contribution is 8.26. The number of nitrogens with zero attached hydrogens (tertiary/aromatic N) is 1. The molecule has 156 valence electrons. The van der Waals surface area contributed by atoms with Gasteiger partial charge in [-0.2, -0.15) is 0 Å². The molecule has 30 heavy (non-hydrogen) atoms. The van der Waals surface area contributed by atoms with Crippen molar-refractivity contribution in [3.63, 3.8) is 0 Å². The fourth-order valence-corrected chi connectivity index (χ4v) is 5.31. The average Bonchev–Trinajstić information content (AvgIpc) is 3.06. The Balaban J connectivity index is 1.49. The third kappa shape index (κ3) is 4.71. The molecule has 0 atom stereocenters. The van der Waals surface area contributed by atoms with Gasteiger partial charge in [0.2, 0.25) is 0 Å². The lowest BCUT2D eigenvalue weighted by Crippen LogP contribution is -2.39. The first-order chi connectivity index (χ1) is 14.7. The molecule has 0 spiro atoms. The van der Waals surface area contributed by atoms with E-state index < -0.39 is 0 Å². The number of benzene rings is 2. The number of ether oxygens (including phenoxy) is 2. The van der Waals surface area contributed by atoms with Crippen LogP contribution in [-0.2, 0) is 11.4 Å². The van der Waals surface area contributed by atoms with Gasteiger partial charge in [-0.25, -0.2) is 0 Å². The van der Waals surface area contributed by atoms with Crippen molar-refractivity contribution >= 4 is 40.3 Å². The van der Waals surface area contributed by atoms with Gasteiger partial charge in [0.1, 0.15) is 10.9 Å². The van der Waals surface area contributed by atoms with Crippen molar-refractivity contribution in [2.24, 2.45) is 0 Å². The average molecular weight is 440 g/mol. The number of thioether (sulfide) groups is 1. The number of rotatable bonds is 6. The predicted octanol–water partition coefficient (Wildman–Crippen LogP) is 5.81. The molecule has 1 saturated heterocycles. The molecule has 0 N–H and O–H groups in total. The Kier molecular flexibility index (Phi) is 6.75. The van der Waals surface area contributed by atoms with E-state index in [0.717, 1.165) is 24.0 Å². The van der Waals surface area contributed by atoms with Crippen molar-refractivity contribution < 1.29 is 14.3 Å². The Bertz CT molecular complexity index is 952. The van der Waals surface area contributed by atoms with Crippen LogP contribution in [0.15, 0.2) is 53.4 Å². The highest BCUT2D eigenvalue weighted by Crippen LogP contribution is 2.38. The summed E-state index contributed by atoms with van der Waals surface area (Å²) in [5.74, 6) is 1.34. The first-order valence-corrected chi connectivity index (χ1v) is 11.5. The summed E-state index contributed by atoms with van der Waals surface area (Å²) < 4.78 is 12.1. The molecule has 0 bridgehead atoms. The van der Waals surface area contributed by atoms with Crippen LogP contribution < -0.4 is 9.47 Å². The maximum Gasteiger partial charge on any atom is 0.266 e. The van der Waals surface area contributed by atoms with Gasteiger partial charge in [-0.3, -0.25) is 9.69 Å². The van der Waals surface area contributed by atoms with E-state index in [2.05, 4.69) is 0 Å². The van der Waals surface area contributed by atoms with E-state index in [1.54, 1.807) is 7.11 Å². The maximum atomic E-state index is 13.0. The van der Waals surface area contributed by atoms with Gasteiger partial charge < -0.3 is 9.47 Å². The zero-order valence-electron chi connectivity index (χ0n) is 17.0. The summed E-state index contributed by atoms with van der Waals surface area (Å²) in [5.41, 5.74) is 1.98. The molecule has 4 nitrogen and oxygen atoms in total. The summed E-state index contributed by atoms with van der Waals surface area (Å²) in [7, 11) is 1.62. The third-order valence-corrected chi connectivity index (χ3v) is 6.82. The maximum absolute atomic E-state index is 13.0. The van der Waals surface area contributed by atoms with Crippen LogP contribution in [0.25, 0.3) is 6.08 Å². The summed E-state index contributed by atoms with van der Waals surface area (Å²) in [6, 6.07) is 16.0. The van der Waals surface area contributed by atoms with Crippen LogP contribution in [0.3, 0.4) is 0 Å². The van der Waals surface area contributed by atoms with E-state index in [0.29, 0.717) is 27.3 Å². The third-order valence-electron chi connectivity index (χ3n) is 5.49. The lowest BCUT2D eigenvalue weighted by Gasteiger charge is -2.29. The first kappa shape index (κ1) is 20.9. The van der Waals surface area contributed by atoms with E-state index in [-0.39, 0.29) is 11.9 Å². The molecule has 1 amide bonds. The van der Waals surface area contributed by atoms with Gasteiger partial charge in [0.15, 0.2) is 11.5 Å². The number of thiocarbonyl (C=S) groups is 1. The van der Waals surface area contributed by atoms with Gasteiger partial charge in [0.05, 0.1) is 12.0 Å². The molecule has 1 saturated carbocycles. The molecular formula is C24H25NO3S2. The van der Waals surface area contributed by atoms with Gasteiger partial charge in [-0.1, -0.05) is 79.6 Å². The highest BCUT2D eigenvalue weighted by atomic mass is 32.2. The molecule has 1 aliphatic carbocycles. The second kappa shape index (κ2) is 9.67. The Morgan fingerprint density at radius 1 is 1.10 bits per heavy atom. The standard InChI is InChI=1S/C24H25NO3S2/c1-27-21-14-18(12-13-20(21)28-16-17-8-4-2-5-9-17)15-22-23(26)25(24(29)30-22)19-10-6-3-7-11-19/h2,4-5,8-9,12-15,19H,3,6-7,10-11,16H2,1H3. The molecule has 0 unspecified atom stereocenters. The Labute approximate surface area is 187 Å². The van der Waals surface area contributed by atoms with Crippen molar-refractivity contribution in [2.75, 3.05) is 7.11 Å². The number of carbonyl (C=O) groups excluding carboxylic acids is 1. The van der Waals surface area contributed by atoms with E-state index in [9.17, 15) is 4.79 Å². The Morgan fingerprint density at radius 3 is 2.60 bits per heavy atom. The van der Waals surface area contributed by atoms with Gasteiger partial charge >= 0.3 is 0 Å². The molecule has 0 radical (unpaired) electrons. The molecular weight excluding hydrogens is 414 g/mol. The van der Waals surface area contributed by atoms with Gasteiger partial charge in [-0.15, -0.1) is 0 Å². The highest BCUT2D eigenvalue weighted by Gasteiger charge is 2.37. The van der Waals surface area contributed by atoms with Crippen molar-refractivity contribution in [2.45, 2.75) is 44.8 Å². The molecule has 0 aromatic heterocycles. The van der Waals surface area contributed by atoms with E-state index in [1.165, 1.54) is 31.0 Å². The van der Waals surface area contributed by atoms with Crippen LogP contribution >= 0.6 is 24.0 Å². The minimum atomic E-state index is 0.0280. The largest absolute Gasteiger partial charge is 0.493 e. The first-order valence-electron chi connectivity index (χ1n) is 10.3. The van der Waals surface area contributed by atoms with Crippen LogP contribution in [0, 0.1) is 0 Å². The number of hydrogen-bond donors (Lipinski definition) is 0. The zero-order chi connectivity index (χ0) is 20.9. The fourth-order valence-electron chi connectivity index (χ4n) is 3.91. The number of carbonyl (C=O) groups is 1. The molecule has 1 aliphatic heterocycles. The summed E-state index contributed by atoms with van der Waals surface area (Å²) in [5, 5.41) is 0. The summed E-state index contributed by atoms with van der Waals surface area (Å²) in [4.78, 5) is 15.5. The SMILES string of the molecule is COc1cc(C=C2SC(=S)N(C3CCCCC3)C2=O)ccc1OCc1ccccc1. The summed E-state index contributed by atoms with van der Waals surface area (Å²) in [6.07, 6.45) is 7.57. The van der Waals surface area contributed by atoms with Crippen LogP contribution in [0.5, 0.6) is 11.5 Å². The number of methoxy groups -OCH3 is 1.